The van der Waals surface area contributed by atoms with Crippen LogP contribution in [0, 0.1) is 6.92 Å². The third-order valence-electron chi connectivity index (χ3n) is 3.30. The molecule has 134 valence electrons. The van der Waals surface area contributed by atoms with Gasteiger partial charge in [0.25, 0.3) is 10.1 Å². The molecule has 0 aliphatic rings. The van der Waals surface area contributed by atoms with E-state index in [4.69, 9.17) is 13.7 Å². The van der Waals surface area contributed by atoms with Crippen LogP contribution in [-0.4, -0.2) is 35.0 Å². The van der Waals surface area contributed by atoms with Crippen LogP contribution >= 0.6 is 15.9 Å². The molecule has 0 fully saturated rings. The molecule has 0 aliphatic carbocycles. The van der Waals surface area contributed by atoms with Crippen molar-refractivity contribution in [2.45, 2.75) is 11.8 Å². The quantitative estimate of drug-likeness (QED) is 0.364. The Hall–Kier alpha value is -1.90. The second kappa shape index (κ2) is 8.46. The molecule has 0 aromatic heterocycles. The van der Waals surface area contributed by atoms with Crippen LogP contribution in [0.2, 0.25) is 0 Å². The molecule has 2 rings (SSSR count). The van der Waals surface area contributed by atoms with Gasteiger partial charge >= 0.3 is 0 Å². The molecule has 0 atom stereocenters. The van der Waals surface area contributed by atoms with E-state index in [1.807, 2.05) is 6.92 Å². The molecule has 0 N–H and O–H groups in total. The molecule has 8 heteroatoms. The van der Waals surface area contributed by atoms with E-state index in [0.29, 0.717) is 22.1 Å². The van der Waals surface area contributed by atoms with Crippen molar-refractivity contribution in [1.29, 1.82) is 0 Å². The van der Waals surface area contributed by atoms with Gasteiger partial charge < -0.3 is 9.47 Å². The van der Waals surface area contributed by atoms with Gasteiger partial charge in [-0.05, 0) is 41.1 Å². The zero-order valence-corrected chi connectivity index (χ0v) is 16.1. The number of rotatable bonds is 8. The average Bonchev–Trinajstić information content (AvgIpc) is 2.59. The van der Waals surface area contributed by atoms with Gasteiger partial charge in [-0.3, -0.25) is 8.98 Å². The maximum Gasteiger partial charge on any atom is 0.297 e. The van der Waals surface area contributed by atoms with E-state index >= 15 is 0 Å². The van der Waals surface area contributed by atoms with Crippen LogP contribution in [0.5, 0.6) is 11.5 Å². The second-order valence-corrected chi connectivity index (χ2v) is 7.55. The predicted molar refractivity (Wildman–Crippen MR) is 95.9 cm³/mol. The van der Waals surface area contributed by atoms with Crippen LogP contribution in [0.25, 0.3) is 0 Å². The second-order valence-electron chi connectivity index (χ2n) is 5.08. The highest BCUT2D eigenvalue weighted by Gasteiger charge is 2.15. The van der Waals surface area contributed by atoms with Crippen LogP contribution in [0.4, 0.5) is 0 Å². The number of aryl methyl sites for hydroxylation is 1. The maximum atomic E-state index is 12.1. The van der Waals surface area contributed by atoms with E-state index in [0.717, 1.165) is 5.56 Å². The Morgan fingerprint density at radius 1 is 1.08 bits per heavy atom. The van der Waals surface area contributed by atoms with Gasteiger partial charge in [0.1, 0.15) is 24.7 Å². The Labute approximate surface area is 155 Å². The largest absolute Gasteiger partial charge is 0.495 e. The Balaban J connectivity index is 1.99. The number of ether oxygens (including phenoxy) is 2. The SMILES string of the molecule is COc1cc(OCCOS(=O)(=O)c2ccc(C)cc2)c(C=O)cc1Br. The highest BCUT2D eigenvalue weighted by atomic mass is 79.9. The van der Waals surface area contributed by atoms with Crippen molar-refractivity contribution in [3.8, 4) is 11.5 Å². The first-order chi connectivity index (χ1) is 11.9. The minimum atomic E-state index is -3.85. The minimum absolute atomic E-state index is 0.0449. The van der Waals surface area contributed by atoms with Crippen LogP contribution in [0.1, 0.15) is 15.9 Å². The van der Waals surface area contributed by atoms with Crippen LogP contribution in [-0.2, 0) is 14.3 Å². The monoisotopic (exact) mass is 428 g/mol. The molecule has 25 heavy (non-hydrogen) atoms. The van der Waals surface area contributed by atoms with Gasteiger partial charge in [0.05, 0.1) is 22.0 Å². The fourth-order valence-electron chi connectivity index (χ4n) is 1.99. The van der Waals surface area contributed by atoms with Gasteiger partial charge in [-0.1, -0.05) is 17.7 Å². The summed E-state index contributed by atoms with van der Waals surface area (Å²) in [4.78, 5) is 11.2. The van der Waals surface area contributed by atoms with Crippen molar-refractivity contribution >= 4 is 32.3 Å². The number of halogens is 1. The molecule has 0 bridgehead atoms. The number of methoxy groups -OCH3 is 1. The minimum Gasteiger partial charge on any atom is -0.495 e. The number of aldehydes is 1. The van der Waals surface area contributed by atoms with Crippen molar-refractivity contribution in [1.82, 2.24) is 0 Å². The van der Waals surface area contributed by atoms with Crippen molar-refractivity contribution in [2.24, 2.45) is 0 Å². The first-order valence-corrected chi connectivity index (χ1v) is 9.49. The first-order valence-electron chi connectivity index (χ1n) is 7.29. The Morgan fingerprint density at radius 2 is 1.76 bits per heavy atom. The number of hydrogen-bond donors (Lipinski definition) is 0. The third kappa shape index (κ3) is 5.04. The molecule has 2 aromatic rings. The van der Waals surface area contributed by atoms with Crippen LogP contribution < -0.4 is 9.47 Å². The van der Waals surface area contributed by atoms with E-state index in [-0.39, 0.29) is 23.9 Å². The lowest BCUT2D eigenvalue weighted by atomic mass is 10.2. The lowest BCUT2D eigenvalue weighted by Crippen LogP contribution is -2.13. The van der Waals surface area contributed by atoms with Gasteiger partial charge in [-0.25, -0.2) is 0 Å². The van der Waals surface area contributed by atoms with Crippen LogP contribution in [0.15, 0.2) is 45.8 Å². The zero-order chi connectivity index (χ0) is 18.4. The number of benzene rings is 2. The van der Waals surface area contributed by atoms with E-state index in [2.05, 4.69) is 15.9 Å². The molecular weight excluding hydrogens is 412 g/mol. The summed E-state index contributed by atoms with van der Waals surface area (Å²) in [5, 5.41) is 0. The van der Waals surface area contributed by atoms with E-state index in [9.17, 15) is 13.2 Å². The first kappa shape index (κ1) is 19.4. The summed E-state index contributed by atoms with van der Waals surface area (Å²) in [6.07, 6.45) is 0.642. The smallest absolute Gasteiger partial charge is 0.297 e. The van der Waals surface area contributed by atoms with Gasteiger partial charge in [0, 0.05) is 6.07 Å². The lowest BCUT2D eigenvalue weighted by Gasteiger charge is -2.12. The Morgan fingerprint density at radius 3 is 2.36 bits per heavy atom. The van der Waals surface area contributed by atoms with E-state index in [1.165, 1.54) is 19.2 Å². The summed E-state index contributed by atoms with van der Waals surface area (Å²) in [7, 11) is -2.36. The fraction of sp³-hybridized carbons (Fsp3) is 0.235. The summed E-state index contributed by atoms with van der Waals surface area (Å²) < 4.78 is 40.3. The van der Waals surface area contributed by atoms with Crippen molar-refractivity contribution in [3.63, 3.8) is 0 Å². The summed E-state index contributed by atoms with van der Waals surface area (Å²) in [5.74, 6) is 0.778. The normalized spacial score (nSPS) is 11.2. The molecule has 0 unspecified atom stereocenters. The number of carbonyl (C=O) groups excluding carboxylic acids is 1. The van der Waals surface area contributed by atoms with Crippen LogP contribution in [0.3, 0.4) is 0 Å². The maximum absolute atomic E-state index is 12.1. The summed E-state index contributed by atoms with van der Waals surface area (Å²) in [6, 6.07) is 9.45. The molecule has 0 amide bonds. The molecule has 0 saturated carbocycles. The van der Waals surface area contributed by atoms with Crippen molar-refractivity contribution < 1.29 is 26.9 Å². The van der Waals surface area contributed by atoms with Crippen molar-refractivity contribution in [3.05, 3.63) is 52.0 Å². The topological polar surface area (TPSA) is 78.9 Å². The molecular formula is C17H17BrO6S. The Bertz CT molecular complexity index is 846. The molecule has 0 spiro atoms. The molecule has 0 saturated heterocycles. The number of carbonyl (C=O) groups is 1. The highest BCUT2D eigenvalue weighted by Crippen LogP contribution is 2.32. The third-order valence-corrected chi connectivity index (χ3v) is 5.25. The molecule has 6 nitrogen and oxygen atoms in total. The summed E-state index contributed by atoms with van der Waals surface area (Å²) in [6.45, 7) is 1.63. The van der Waals surface area contributed by atoms with Gasteiger partial charge in [0.15, 0.2) is 6.29 Å². The predicted octanol–water partition coefficient (Wildman–Crippen LogP) is 3.36. The lowest BCUT2D eigenvalue weighted by molar-refractivity contribution is 0.111. The molecule has 0 radical (unpaired) electrons. The fourth-order valence-corrected chi connectivity index (χ4v) is 3.41. The highest BCUT2D eigenvalue weighted by molar-refractivity contribution is 9.10. The summed E-state index contributed by atoms with van der Waals surface area (Å²) >= 11 is 3.28. The number of hydrogen-bond acceptors (Lipinski definition) is 6. The standard InChI is InChI=1S/C17H17BrO6S/c1-12-3-5-14(6-4-12)25(20,21)24-8-7-23-16-10-17(22-2)15(18)9-13(16)11-19/h3-6,9-11H,7-8H2,1-2H3. The van der Waals surface area contributed by atoms with Gasteiger partial charge in [-0.2, -0.15) is 8.42 Å². The molecule has 0 aliphatic heterocycles. The average molecular weight is 429 g/mol. The Kier molecular flexibility index (Phi) is 6.57. The molecule has 2 aromatic carbocycles. The molecule has 0 heterocycles. The zero-order valence-electron chi connectivity index (χ0n) is 13.7. The van der Waals surface area contributed by atoms with Crippen molar-refractivity contribution in [2.75, 3.05) is 20.3 Å². The van der Waals surface area contributed by atoms with Gasteiger partial charge in [0.2, 0.25) is 0 Å². The van der Waals surface area contributed by atoms with E-state index in [1.54, 1.807) is 24.3 Å². The van der Waals surface area contributed by atoms with Gasteiger partial charge in [-0.15, -0.1) is 0 Å². The summed E-state index contributed by atoms with van der Waals surface area (Å²) in [5.41, 5.74) is 1.27. The van der Waals surface area contributed by atoms with E-state index < -0.39 is 10.1 Å².